The Balaban J connectivity index is 1.55. The van der Waals surface area contributed by atoms with Gasteiger partial charge in [0.1, 0.15) is 35.2 Å². The molecular weight excluding hydrogens is 897 g/mol. The van der Waals surface area contributed by atoms with Crippen molar-refractivity contribution < 1.29 is 27.4 Å². The second-order valence-electron chi connectivity index (χ2n) is 21.0. The molecule has 0 aromatic heterocycles. The lowest BCUT2D eigenvalue weighted by molar-refractivity contribution is 0.153. The molecule has 0 aliphatic carbocycles. The molecule has 7 heteroatoms. The van der Waals surface area contributed by atoms with Gasteiger partial charge in [-0.05, 0) is 137 Å². The first-order valence-electron chi connectivity index (χ1n) is 28.7. The van der Waals surface area contributed by atoms with Crippen molar-refractivity contribution in [2.45, 2.75) is 220 Å². The molecule has 71 heavy (non-hydrogen) atoms. The quantitative estimate of drug-likeness (QED) is 0.0412. The van der Waals surface area contributed by atoms with Crippen LogP contribution in [0, 0.1) is 23.7 Å². The molecule has 8 unspecified atom stereocenters. The molecule has 0 fully saturated rings. The summed E-state index contributed by atoms with van der Waals surface area (Å²) >= 11 is 0. The summed E-state index contributed by atoms with van der Waals surface area (Å²) in [5.41, 5.74) is 0. The number of rotatable bonds is 42. The third-order valence-corrected chi connectivity index (χ3v) is 16.5. The summed E-state index contributed by atoms with van der Waals surface area (Å²) in [6, 6.07) is 40.1. The summed E-state index contributed by atoms with van der Waals surface area (Å²) in [7, 11) is -3.62. The first kappa shape index (κ1) is 59.6. The summed E-state index contributed by atoms with van der Waals surface area (Å²) in [5, 5.41) is 0. The second-order valence-corrected chi connectivity index (χ2v) is 23.2. The Bertz CT molecular complexity index is 1820. The number of unbranched alkanes of at least 4 members (excludes halogenated alkanes) is 8. The number of sulfone groups is 1. The highest BCUT2D eigenvalue weighted by atomic mass is 32.2. The molecule has 0 saturated carbocycles. The average Bonchev–Trinajstić information content (AvgIpc) is 3.37. The standard InChI is InChI=1S/C64H98O6S/c1-7-11-19-31-55(45-43-53(5)67-59-35-23-15-24-36-59)57(33-21-13-9-3)47-49-63(69-61-39-27-17-28-40-61)51-71(65,66)52-64(70-62-41-29-18-30-42-62)50-48-58(34-22-14-10-4)56(32-20-12-8-2)46-44-54(6)68-60-37-25-16-26-38-60/h15-18,23-30,35-42,53-58,63-64H,7-14,19-22,31-34,43-52H2,1-6H3. The number of ether oxygens (including phenoxy) is 4. The highest BCUT2D eigenvalue weighted by molar-refractivity contribution is 7.91. The third kappa shape index (κ3) is 26.0. The van der Waals surface area contributed by atoms with Crippen LogP contribution >= 0.6 is 0 Å². The van der Waals surface area contributed by atoms with Crippen LogP contribution in [0.3, 0.4) is 0 Å². The van der Waals surface area contributed by atoms with E-state index in [-0.39, 0.29) is 23.7 Å². The van der Waals surface area contributed by atoms with E-state index in [9.17, 15) is 8.42 Å². The largest absolute Gasteiger partial charge is 0.491 e. The number of benzene rings is 4. The first-order chi connectivity index (χ1) is 34.6. The van der Waals surface area contributed by atoms with Gasteiger partial charge >= 0.3 is 0 Å². The zero-order chi connectivity index (χ0) is 50.8. The summed E-state index contributed by atoms with van der Waals surface area (Å²) < 4.78 is 55.9. The predicted molar refractivity (Wildman–Crippen MR) is 301 cm³/mol. The van der Waals surface area contributed by atoms with Gasteiger partial charge in [-0.25, -0.2) is 8.42 Å². The molecule has 0 bridgehead atoms. The van der Waals surface area contributed by atoms with Gasteiger partial charge in [-0.3, -0.25) is 0 Å². The zero-order valence-electron chi connectivity index (χ0n) is 45.4. The van der Waals surface area contributed by atoms with Crippen LogP contribution in [-0.2, 0) is 9.84 Å². The van der Waals surface area contributed by atoms with E-state index in [4.69, 9.17) is 18.9 Å². The molecule has 6 nitrogen and oxygen atoms in total. The highest BCUT2D eigenvalue weighted by Crippen LogP contribution is 2.36. The van der Waals surface area contributed by atoms with Gasteiger partial charge < -0.3 is 18.9 Å². The van der Waals surface area contributed by atoms with Crippen molar-refractivity contribution in [1.82, 2.24) is 0 Å². The van der Waals surface area contributed by atoms with Crippen molar-refractivity contribution in [1.29, 1.82) is 0 Å². The van der Waals surface area contributed by atoms with Gasteiger partial charge in [-0.1, -0.05) is 203 Å². The maximum absolute atomic E-state index is 14.8. The smallest absolute Gasteiger partial charge is 0.157 e. The first-order valence-corrected chi connectivity index (χ1v) is 30.5. The van der Waals surface area contributed by atoms with Gasteiger partial charge in [0.15, 0.2) is 9.84 Å². The summed E-state index contributed by atoms with van der Waals surface area (Å²) in [6.07, 6.45) is 26.0. The van der Waals surface area contributed by atoms with Crippen LogP contribution in [0.15, 0.2) is 121 Å². The molecule has 0 spiro atoms. The van der Waals surface area contributed by atoms with Gasteiger partial charge in [-0.15, -0.1) is 0 Å². The van der Waals surface area contributed by atoms with Gasteiger partial charge in [-0.2, -0.15) is 0 Å². The fraction of sp³-hybridized carbons (Fsp3) is 0.625. The summed E-state index contributed by atoms with van der Waals surface area (Å²) in [5.74, 6) is 5.33. The Hall–Kier alpha value is -3.97. The minimum Gasteiger partial charge on any atom is -0.491 e. The molecule has 4 rings (SSSR count). The van der Waals surface area contributed by atoms with Gasteiger partial charge in [0.2, 0.25) is 0 Å². The third-order valence-electron chi connectivity index (χ3n) is 14.8. The predicted octanol–water partition coefficient (Wildman–Crippen LogP) is 18.1. The van der Waals surface area contributed by atoms with Crippen LogP contribution < -0.4 is 18.9 Å². The van der Waals surface area contributed by atoms with E-state index in [1.54, 1.807) is 0 Å². The molecule has 4 aromatic carbocycles. The lowest BCUT2D eigenvalue weighted by Gasteiger charge is -2.31. The van der Waals surface area contributed by atoms with E-state index in [0.717, 1.165) is 74.4 Å². The Morgan fingerprint density at radius 1 is 0.324 bits per heavy atom. The Kier molecular flexibility index (Phi) is 30.2. The van der Waals surface area contributed by atoms with Crippen LogP contribution in [0.25, 0.3) is 0 Å². The summed E-state index contributed by atoms with van der Waals surface area (Å²) in [6.45, 7) is 13.5. The monoisotopic (exact) mass is 995 g/mol. The van der Waals surface area contributed by atoms with Crippen molar-refractivity contribution in [3.05, 3.63) is 121 Å². The van der Waals surface area contributed by atoms with Gasteiger partial charge in [0.25, 0.3) is 0 Å². The van der Waals surface area contributed by atoms with Crippen LogP contribution in [0.5, 0.6) is 23.0 Å². The van der Waals surface area contributed by atoms with Crippen LogP contribution in [0.4, 0.5) is 0 Å². The summed E-state index contributed by atoms with van der Waals surface area (Å²) in [4.78, 5) is 0. The molecule has 396 valence electrons. The molecule has 0 amide bonds. The highest BCUT2D eigenvalue weighted by Gasteiger charge is 2.31. The van der Waals surface area contributed by atoms with Crippen LogP contribution in [-0.4, -0.2) is 44.3 Å². The minimum atomic E-state index is -3.62. The maximum Gasteiger partial charge on any atom is 0.157 e. The molecule has 8 atom stereocenters. The Morgan fingerprint density at radius 2 is 0.577 bits per heavy atom. The van der Waals surface area contributed by atoms with E-state index in [1.165, 1.54) is 89.9 Å². The van der Waals surface area contributed by atoms with Gasteiger partial charge in [0.05, 0.1) is 23.7 Å². The minimum absolute atomic E-state index is 0.0282. The normalized spacial score (nSPS) is 15.2. The van der Waals surface area contributed by atoms with Crippen molar-refractivity contribution >= 4 is 9.84 Å². The Morgan fingerprint density at radius 3 is 0.845 bits per heavy atom. The van der Waals surface area contributed by atoms with E-state index in [1.807, 2.05) is 121 Å². The average molecular weight is 996 g/mol. The fourth-order valence-electron chi connectivity index (χ4n) is 10.7. The van der Waals surface area contributed by atoms with Gasteiger partial charge in [0, 0.05) is 0 Å². The van der Waals surface area contributed by atoms with Crippen molar-refractivity contribution in [3.8, 4) is 23.0 Å². The van der Waals surface area contributed by atoms with Crippen molar-refractivity contribution in [2.24, 2.45) is 23.7 Å². The van der Waals surface area contributed by atoms with E-state index in [2.05, 4.69) is 41.5 Å². The molecule has 0 saturated heterocycles. The van der Waals surface area contributed by atoms with Crippen LogP contribution in [0.1, 0.15) is 196 Å². The maximum atomic E-state index is 14.8. The molecule has 0 heterocycles. The fourth-order valence-corrected chi connectivity index (χ4v) is 12.5. The lowest BCUT2D eigenvalue weighted by Crippen LogP contribution is -2.35. The molecule has 0 aliphatic heterocycles. The van der Waals surface area contributed by atoms with Crippen molar-refractivity contribution in [2.75, 3.05) is 11.5 Å². The SMILES string of the molecule is CCCCCC(CCC(C)Oc1ccccc1)C(CCCCC)CCC(CS(=O)(=O)CC(CCC(CCCCC)C(CCCCC)CCC(C)Oc1ccccc1)Oc1ccccc1)Oc1ccccc1. The molecule has 0 N–H and O–H groups in total. The second kappa shape index (κ2) is 36.0. The lowest BCUT2D eigenvalue weighted by atomic mass is 9.78. The van der Waals surface area contributed by atoms with Crippen LogP contribution in [0.2, 0.25) is 0 Å². The molecule has 4 aromatic rings. The number of hydrogen-bond acceptors (Lipinski definition) is 6. The topological polar surface area (TPSA) is 71.1 Å². The van der Waals surface area contributed by atoms with Crippen molar-refractivity contribution in [3.63, 3.8) is 0 Å². The Labute approximate surface area is 434 Å². The van der Waals surface area contributed by atoms with E-state index >= 15 is 0 Å². The number of hydrogen-bond donors (Lipinski definition) is 0. The molecule has 0 aliphatic rings. The zero-order valence-corrected chi connectivity index (χ0v) is 46.2. The van der Waals surface area contributed by atoms with E-state index < -0.39 is 22.0 Å². The molecule has 0 radical (unpaired) electrons. The number of para-hydroxylation sites is 4. The molecular formula is C64H98O6S. The van der Waals surface area contributed by atoms with E-state index in [0.29, 0.717) is 36.5 Å².